The molecule has 3 aromatic rings. The third-order valence-corrected chi connectivity index (χ3v) is 5.31. The zero-order valence-electron chi connectivity index (χ0n) is 17.3. The van der Waals surface area contributed by atoms with Crippen molar-refractivity contribution in [2.45, 2.75) is 32.5 Å². The molecule has 4 nitrogen and oxygen atoms in total. The van der Waals surface area contributed by atoms with Gasteiger partial charge in [-0.25, -0.2) is 4.39 Å². The third-order valence-electron chi connectivity index (χ3n) is 5.31. The predicted molar refractivity (Wildman–Crippen MR) is 114 cm³/mol. The van der Waals surface area contributed by atoms with Crippen molar-refractivity contribution in [3.8, 4) is 5.75 Å². The minimum atomic E-state index is -0.301. The molecule has 0 aliphatic heterocycles. The third kappa shape index (κ3) is 5.12. The standard InChI is InChI=1S/C24H27FN2O2/c1-16(19-7-10-22(25)11-8-19)26-24(28)17(2)27(3)15-18-5-6-21-14-23(29-4)12-9-20(21)13-18/h5-14,16-17H,15H2,1-4H3,(H,26,28)/t16-,17-/m1/s1. The van der Waals surface area contributed by atoms with Crippen LogP contribution in [0, 0.1) is 5.82 Å². The molecule has 3 rings (SSSR count). The summed E-state index contributed by atoms with van der Waals surface area (Å²) in [5.41, 5.74) is 2.01. The molecule has 29 heavy (non-hydrogen) atoms. The number of carbonyl (C=O) groups excluding carboxylic acids is 1. The van der Waals surface area contributed by atoms with Gasteiger partial charge in [-0.3, -0.25) is 9.69 Å². The van der Waals surface area contributed by atoms with Gasteiger partial charge < -0.3 is 10.1 Å². The molecule has 1 amide bonds. The van der Waals surface area contributed by atoms with Crippen molar-refractivity contribution in [2.24, 2.45) is 0 Å². The second kappa shape index (κ2) is 9.05. The van der Waals surface area contributed by atoms with E-state index in [1.54, 1.807) is 19.2 Å². The molecule has 2 atom stereocenters. The van der Waals surface area contributed by atoms with Crippen LogP contribution in [0.3, 0.4) is 0 Å². The van der Waals surface area contributed by atoms with E-state index in [1.807, 2.05) is 44.0 Å². The molecule has 0 saturated heterocycles. The molecule has 0 aliphatic carbocycles. The van der Waals surface area contributed by atoms with Crippen LogP contribution < -0.4 is 10.1 Å². The minimum absolute atomic E-state index is 0.0603. The van der Waals surface area contributed by atoms with Crippen LogP contribution in [0.2, 0.25) is 0 Å². The summed E-state index contributed by atoms with van der Waals surface area (Å²) in [5.74, 6) is 0.493. The van der Waals surface area contributed by atoms with Crippen molar-refractivity contribution in [1.82, 2.24) is 10.2 Å². The van der Waals surface area contributed by atoms with Crippen LogP contribution in [0.5, 0.6) is 5.75 Å². The topological polar surface area (TPSA) is 41.6 Å². The van der Waals surface area contributed by atoms with E-state index >= 15 is 0 Å². The SMILES string of the molecule is COc1ccc2cc(CN(C)[C@H](C)C(=O)N[C@H](C)c3ccc(F)cc3)ccc2c1. The van der Waals surface area contributed by atoms with Gasteiger partial charge in [0.15, 0.2) is 0 Å². The molecule has 0 heterocycles. The van der Waals surface area contributed by atoms with E-state index in [9.17, 15) is 9.18 Å². The number of nitrogens with one attached hydrogen (secondary N) is 1. The molecule has 5 heteroatoms. The summed E-state index contributed by atoms with van der Waals surface area (Å²) in [6.07, 6.45) is 0. The Bertz CT molecular complexity index is 988. The number of halogens is 1. The second-order valence-electron chi connectivity index (χ2n) is 7.42. The van der Waals surface area contributed by atoms with Crippen LogP contribution in [0.1, 0.15) is 31.0 Å². The van der Waals surface area contributed by atoms with Crippen LogP contribution in [-0.2, 0) is 11.3 Å². The molecule has 1 N–H and O–H groups in total. The van der Waals surface area contributed by atoms with Crippen LogP contribution in [0.4, 0.5) is 4.39 Å². The molecule has 152 valence electrons. The molecular formula is C24H27FN2O2. The molecular weight excluding hydrogens is 367 g/mol. The van der Waals surface area contributed by atoms with E-state index in [4.69, 9.17) is 4.74 Å². The van der Waals surface area contributed by atoms with E-state index in [2.05, 4.69) is 23.5 Å². The first kappa shape index (κ1) is 20.8. The first-order valence-corrected chi connectivity index (χ1v) is 9.70. The highest BCUT2D eigenvalue weighted by Gasteiger charge is 2.20. The quantitative estimate of drug-likeness (QED) is 0.632. The van der Waals surface area contributed by atoms with Crippen LogP contribution >= 0.6 is 0 Å². The van der Waals surface area contributed by atoms with Gasteiger partial charge in [-0.05, 0) is 73.1 Å². The average Bonchev–Trinajstić information content (AvgIpc) is 2.73. The average molecular weight is 394 g/mol. The van der Waals surface area contributed by atoms with E-state index in [1.165, 1.54) is 12.1 Å². The molecule has 0 spiro atoms. The Balaban J connectivity index is 1.63. The number of rotatable bonds is 7. The predicted octanol–water partition coefficient (Wildman–Crippen LogP) is 4.69. The number of likely N-dealkylation sites (N-methyl/N-ethyl adjacent to an activating group) is 1. The highest BCUT2D eigenvalue weighted by atomic mass is 19.1. The van der Waals surface area contributed by atoms with Gasteiger partial charge in [0, 0.05) is 6.54 Å². The zero-order chi connectivity index (χ0) is 21.0. The number of carbonyl (C=O) groups is 1. The van der Waals surface area contributed by atoms with Crippen LogP contribution in [0.25, 0.3) is 10.8 Å². The summed E-state index contributed by atoms with van der Waals surface area (Å²) in [6, 6.07) is 18.0. The van der Waals surface area contributed by atoms with Gasteiger partial charge in [0.05, 0.1) is 19.2 Å². The van der Waals surface area contributed by atoms with Gasteiger partial charge in [-0.15, -0.1) is 0 Å². The summed E-state index contributed by atoms with van der Waals surface area (Å²) < 4.78 is 18.4. The van der Waals surface area contributed by atoms with E-state index < -0.39 is 0 Å². The van der Waals surface area contributed by atoms with Gasteiger partial charge in [-0.1, -0.05) is 30.3 Å². The first-order chi connectivity index (χ1) is 13.9. The molecule has 0 bridgehead atoms. The Morgan fingerprint density at radius 1 is 1.03 bits per heavy atom. The van der Waals surface area contributed by atoms with Crippen LogP contribution in [-0.4, -0.2) is 31.0 Å². The lowest BCUT2D eigenvalue weighted by Gasteiger charge is -2.26. The summed E-state index contributed by atoms with van der Waals surface area (Å²) in [7, 11) is 3.60. The molecule has 0 saturated carbocycles. The summed E-state index contributed by atoms with van der Waals surface area (Å²) in [4.78, 5) is 14.7. The molecule has 0 unspecified atom stereocenters. The number of methoxy groups -OCH3 is 1. The van der Waals surface area contributed by atoms with E-state index in [0.29, 0.717) is 6.54 Å². The minimum Gasteiger partial charge on any atom is -0.497 e. The first-order valence-electron chi connectivity index (χ1n) is 9.70. The number of amides is 1. The highest BCUT2D eigenvalue weighted by molar-refractivity contribution is 5.84. The van der Waals surface area contributed by atoms with Gasteiger partial charge in [0.1, 0.15) is 11.6 Å². The number of hydrogen-bond donors (Lipinski definition) is 1. The number of ether oxygens (including phenoxy) is 1. The van der Waals surface area contributed by atoms with E-state index in [0.717, 1.165) is 27.6 Å². The van der Waals surface area contributed by atoms with Gasteiger partial charge in [0.25, 0.3) is 0 Å². The summed E-state index contributed by atoms with van der Waals surface area (Å²) >= 11 is 0. The maximum Gasteiger partial charge on any atom is 0.237 e. The maximum absolute atomic E-state index is 13.1. The van der Waals surface area contributed by atoms with Crippen molar-refractivity contribution in [3.05, 3.63) is 77.6 Å². The molecule has 0 radical (unpaired) electrons. The monoisotopic (exact) mass is 394 g/mol. The Morgan fingerprint density at radius 2 is 1.69 bits per heavy atom. The fourth-order valence-corrected chi connectivity index (χ4v) is 3.29. The maximum atomic E-state index is 13.1. The number of fused-ring (bicyclic) bond motifs is 1. The van der Waals surface area contributed by atoms with Gasteiger partial charge >= 0.3 is 0 Å². The van der Waals surface area contributed by atoms with Crippen molar-refractivity contribution in [1.29, 1.82) is 0 Å². The molecule has 3 aromatic carbocycles. The fourth-order valence-electron chi connectivity index (χ4n) is 3.29. The molecule has 0 aromatic heterocycles. The normalized spacial score (nSPS) is 13.3. The lowest BCUT2D eigenvalue weighted by molar-refractivity contribution is -0.126. The smallest absolute Gasteiger partial charge is 0.237 e. The van der Waals surface area contributed by atoms with E-state index in [-0.39, 0.29) is 23.8 Å². The zero-order valence-corrected chi connectivity index (χ0v) is 17.3. The summed E-state index contributed by atoms with van der Waals surface area (Å²) in [5, 5.41) is 5.27. The molecule has 0 fully saturated rings. The van der Waals surface area contributed by atoms with Gasteiger partial charge in [0.2, 0.25) is 5.91 Å². The molecule has 0 aliphatic rings. The lowest BCUT2D eigenvalue weighted by atomic mass is 10.1. The Labute approximate surface area is 171 Å². The van der Waals surface area contributed by atoms with Gasteiger partial charge in [-0.2, -0.15) is 0 Å². The van der Waals surface area contributed by atoms with Crippen molar-refractivity contribution in [3.63, 3.8) is 0 Å². The number of hydrogen-bond acceptors (Lipinski definition) is 3. The lowest BCUT2D eigenvalue weighted by Crippen LogP contribution is -2.43. The Kier molecular flexibility index (Phi) is 6.49. The largest absolute Gasteiger partial charge is 0.497 e. The summed E-state index contributed by atoms with van der Waals surface area (Å²) in [6.45, 7) is 4.44. The number of nitrogens with zero attached hydrogens (tertiary/aromatic N) is 1. The Hall–Kier alpha value is -2.92. The number of benzene rings is 3. The highest BCUT2D eigenvalue weighted by Crippen LogP contribution is 2.22. The van der Waals surface area contributed by atoms with Crippen molar-refractivity contribution in [2.75, 3.05) is 14.2 Å². The Morgan fingerprint density at radius 3 is 2.38 bits per heavy atom. The fraction of sp³-hybridized carbons (Fsp3) is 0.292. The second-order valence-corrected chi connectivity index (χ2v) is 7.42. The van der Waals surface area contributed by atoms with Crippen molar-refractivity contribution < 1.29 is 13.9 Å². The van der Waals surface area contributed by atoms with Crippen LogP contribution in [0.15, 0.2) is 60.7 Å². The van der Waals surface area contributed by atoms with Crippen molar-refractivity contribution >= 4 is 16.7 Å².